The average molecular weight is 703 g/mol. The SMILES string of the molecule is COc1ccc([C@H]2C3=CC[C@@H]4C(=O)N(c5cccc(B(O)O)c5)C(=O)[C@@H]4[C@@H]3C[C@H]3C(=O)N(c4cccc(Cl)c4)C(=O)[C@@]23c2ccccc2)cc1O. The topological polar surface area (TPSA) is 145 Å². The number of carbonyl (C=O) groups is 4. The second kappa shape index (κ2) is 12.2. The number of fused-ring (bicyclic) bond motifs is 4. The lowest BCUT2D eigenvalue weighted by atomic mass is 9.49. The molecule has 51 heavy (non-hydrogen) atoms. The van der Waals surface area contributed by atoms with Gasteiger partial charge in [-0.1, -0.05) is 77.8 Å². The number of aromatic hydroxyl groups is 1. The van der Waals surface area contributed by atoms with Gasteiger partial charge >= 0.3 is 7.12 Å². The Labute approximate surface area is 298 Å². The minimum Gasteiger partial charge on any atom is -0.504 e. The van der Waals surface area contributed by atoms with Crippen LogP contribution in [0.4, 0.5) is 11.4 Å². The second-order valence-corrected chi connectivity index (χ2v) is 13.9. The molecule has 10 nitrogen and oxygen atoms in total. The van der Waals surface area contributed by atoms with E-state index in [1.807, 2.05) is 36.4 Å². The molecule has 6 atom stereocenters. The van der Waals surface area contributed by atoms with E-state index in [-0.39, 0.29) is 35.5 Å². The molecule has 0 radical (unpaired) electrons. The van der Waals surface area contributed by atoms with Gasteiger partial charge in [0.2, 0.25) is 23.6 Å². The minimum atomic E-state index is -1.80. The second-order valence-electron chi connectivity index (χ2n) is 13.5. The van der Waals surface area contributed by atoms with E-state index < -0.39 is 65.8 Å². The predicted octanol–water partition coefficient (Wildman–Crippen LogP) is 4.10. The molecule has 4 aromatic carbocycles. The van der Waals surface area contributed by atoms with E-state index in [9.17, 15) is 29.5 Å². The highest BCUT2D eigenvalue weighted by Crippen LogP contribution is 2.64. The maximum Gasteiger partial charge on any atom is 0.488 e. The van der Waals surface area contributed by atoms with Crippen LogP contribution >= 0.6 is 11.6 Å². The number of anilines is 2. The number of allylic oxidation sites excluding steroid dienone is 2. The molecular weight excluding hydrogens is 671 g/mol. The van der Waals surface area contributed by atoms with Gasteiger partial charge in [0.15, 0.2) is 11.5 Å². The molecule has 12 heteroatoms. The maximum absolute atomic E-state index is 15.3. The maximum atomic E-state index is 15.3. The van der Waals surface area contributed by atoms with Crippen molar-refractivity contribution >= 4 is 59.2 Å². The Morgan fingerprint density at radius 3 is 2.22 bits per heavy atom. The highest BCUT2D eigenvalue weighted by Gasteiger charge is 2.70. The molecule has 4 aromatic rings. The number of ether oxygens (including phenoxy) is 1. The molecule has 256 valence electrons. The quantitative estimate of drug-likeness (QED) is 0.155. The van der Waals surface area contributed by atoms with Gasteiger partial charge in [-0.05, 0) is 77.8 Å². The zero-order valence-corrected chi connectivity index (χ0v) is 28.1. The summed E-state index contributed by atoms with van der Waals surface area (Å²) in [4.78, 5) is 61.0. The molecule has 0 unspecified atom stereocenters. The first-order valence-electron chi connectivity index (χ1n) is 16.7. The number of amides is 4. The molecule has 2 heterocycles. The molecule has 8 rings (SSSR count). The van der Waals surface area contributed by atoms with Crippen molar-refractivity contribution in [2.75, 3.05) is 16.9 Å². The lowest BCUT2D eigenvalue weighted by Gasteiger charge is -2.50. The third-order valence-electron chi connectivity index (χ3n) is 11.1. The van der Waals surface area contributed by atoms with Crippen LogP contribution < -0.4 is 20.0 Å². The molecule has 4 aliphatic rings. The largest absolute Gasteiger partial charge is 0.504 e. The first kappa shape index (κ1) is 32.9. The van der Waals surface area contributed by atoms with E-state index in [1.54, 1.807) is 54.6 Å². The molecule has 3 fully saturated rings. The van der Waals surface area contributed by atoms with Gasteiger partial charge < -0.3 is 19.9 Å². The van der Waals surface area contributed by atoms with Crippen LogP contribution in [0.3, 0.4) is 0 Å². The van der Waals surface area contributed by atoms with Crippen LogP contribution in [0.2, 0.25) is 5.02 Å². The molecule has 2 saturated heterocycles. The number of nitrogens with zero attached hydrogens (tertiary/aromatic N) is 2. The van der Waals surface area contributed by atoms with E-state index in [1.165, 1.54) is 24.1 Å². The third-order valence-corrected chi connectivity index (χ3v) is 11.4. The lowest BCUT2D eigenvalue weighted by Crippen LogP contribution is -2.53. The number of methoxy groups -OCH3 is 1. The minimum absolute atomic E-state index is 0.102. The molecule has 1 saturated carbocycles. The first-order valence-corrected chi connectivity index (χ1v) is 17.1. The summed E-state index contributed by atoms with van der Waals surface area (Å²) in [5.74, 6) is -5.72. The Bertz CT molecular complexity index is 2160. The van der Waals surface area contributed by atoms with Crippen molar-refractivity contribution in [2.45, 2.75) is 24.2 Å². The number of benzene rings is 4. The number of phenols is 1. The van der Waals surface area contributed by atoms with Crippen LogP contribution in [0, 0.1) is 23.7 Å². The van der Waals surface area contributed by atoms with Crippen LogP contribution in [-0.2, 0) is 24.6 Å². The molecule has 2 aliphatic heterocycles. The Kier molecular flexibility index (Phi) is 7.90. The summed E-state index contributed by atoms with van der Waals surface area (Å²) in [5, 5.41) is 31.0. The van der Waals surface area contributed by atoms with Crippen LogP contribution in [-0.4, -0.2) is 53.0 Å². The fraction of sp³-hybridized carbons (Fsp3) is 0.231. The van der Waals surface area contributed by atoms with Crippen molar-refractivity contribution in [1.29, 1.82) is 0 Å². The smallest absolute Gasteiger partial charge is 0.488 e. The first-order chi connectivity index (χ1) is 24.6. The summed E-state index contributed by atoms with van der Waals surface area (Å²) < 4.78 is 5.35. The Morgan fingerprint density at radius 2 is 1.53 bits per heavy atom. The standard InChI is InChI=1S/C39H32BClN2O8/c1-51-32-16-13-21(17-31(32)44)34-27-14-15-28-33(37(47)42(35(28)45)25-11-5-9-23(18-25)40(49)50)29(27)20-30-36(46)43(26-12-6-10-24(41)19-26)38(48)39(30,34)22-7-3-2-4-8-22/h2-14,16-19,28-30,33-34,44,49-50H,15,20H2,1H3/t28-,29+,30-,33-,34-,39+/m0/s1. The number of phenolic OH excluding ortho intramolecular Hbond substituents is 1. The normalized spacial score (nSPS) is 26.8. The van der Waals surface area contributed by atoms with E-state index >= 15 is 4.79 Å². The van der Waals surface area contributed by atoms with E-state index in [2.05, 4.69) is 0 Å². The Morgan fingerprint density at radius 1 is 0.804 bits per heavy atom. The number of hydrogen-bond donors (Lipinski definition) is 3. The number of imide groups is 2. The summed E-state index contributed by atoms with van der Waals surface area (Å²) in [6.07, 6.45) is 2.24. The Balaban J connectivity index is 1.34. The van der Waals surface area contributed by atoms with Crippen molar-refractivity contribution in [1.82, 2.24) is 0 Å². The van der Waals surface area contributed by atoms with Gasteiger partial charge in [0, 0.05) is 10.9 Å². The average Bonchev–Trinajstić information content (AvgIpc) is 3.52. The zero-order chi connectivity index (χ0) is 35.8. The number of rotatable bonds is 6. The highest BCUT2D eigenvalue weighted by atomic mass is 35.5. The predicted molar refractivity (Wildman–Crippen MR) is 190 cm³/mol. The number of halogens is 1. The van der Waals surface area contributed by atoms with E-state index in [4.69, 9.17) is 16.3 Å². The van der Waals surface area contributed by atoms with E-state index in [0.717, 1.165) is 10.5 Å². The van der Waals surface area contributed by atoms with Gasteiger partial charge in [0.05, 0.1) is 41.7 Å². The molecule has 0 bridgehead atoms. The van der Waals surface area contributed by atoms with Crippen LogP contribution in [0.5, 0.6) is 11.5 Å². The summed E-state index contributed by atoms with van der Waals surface area (Å²) in [7, 11) is -0.364. The van der Waals surface area contributed by atoms with Gasteiger partial charge in [-0.15, -0.1) is 0 Å². The van der Waals surface area contributed by atoms with Crippen molar-refractivity contribution < 1.29 is 39.1 Å². The molecule has 3 N–H and O–H groups in total. The van der Waals surface area contributed by atoms with Crippen LogP contribution in [0.25, 0.3) is 0 Å². The Hall–Kier alpha value is -5.23. The molecule has 4 amide bonds. The van der Waals surface area contributed by atoms with Crippen LogP contribution in [0.1, 0.15) is 29.9 Å². The summed E-state index contributed by atoms with van der Waals surface area (Å²) >= 11 is 6.38. The van der Waals surface area contributed by atoms with Gasteiger partial charge in [-0.25, -0.2) is 4.90 Å². The van der Waals surface area contributed by atoms with E-state index in [0.29, 0.717) is 21.8 Å². The molecular formula is C39H32BClN2O8. The summed E-state index contributed by atoms with van der Waals surface area (Å²) in [6.45, 7) is 0. The highest BCUT2D eigenvalue weighted by molar-refractivity contribution is 6.58. The monoisotopic (exact) mass is 702 g/mol. The summed E-state index contributed by atoms with van der Waals surface area (Å²) in [5.41, 5.74) is 1.06. The number of hydrogen-bond acceptors (Lipinski definition) is 8. The van der Waals surface area contributed by atoms with Crippen molar-refractivity contribution in [3.63, 3.8) is 0 Å². The fourth-order valence-corrected chi connectivity index (χ4v) is 9.27. The van der Waals surface area contributed by atoms with Crippen molar-refractivity contribution in [3.8, 4) is 11.5 Å². The lowest BCUT2D eigenvalue weighted by molar-refractivity contribution is -0.127. The van der Waals surface area contributed by atoms with Crippen molar-refractivity contribution in [2.24, 2.45) is 23.7 Å². The zero-order valence-electron chi connectivity index (χ0n) is 27.3. The van der Waals surface area contributed by atoms with Crippen molar-refractivity contribution in [3.05, 3.63) is 125 Å². The summed E-state index contributed by atoms with van der Waals surface area (Å²) in [6, 6.07) is 26.6. The third kappa shape index (κ3) is 4.79. The molecule has 0 spiro atoms. The van der Waals surface area contributed by atoms with Gasteiger partial charge in [0.25, 0.3) is 0 Å². The van der Waals surface area contributed by atoms with Gasteiger partial charge in [-0.2, -0.15) is 0 Å². The van der Waals surface area contributed by atoms with Gasteiger partial charge in [-0.3, -0.25) is 24.1 Å². The molecule has 2 aliphatic carbocycles. The molecule has 0 aromatic heterocycles. The van der Waals surface area contributed by atoms with Crippen LogP contribution in [0.15, 0.2) is 109 Å². The van der Waals surface area contributed by atoms with Gasteiger partial charge in [0.1, 0.15) is 0 Å². The number of carbonyl (C=O) groups excluding carboxylic acids is 4. The fourth-order valence-electron chi connectivity index (χ4n) is 9.08.